The predicted molar refractivity (Wildman–Crippen MR) is 105 cm³/mol. The monoisotopic (exact) mass is 362 g/mol. The molecule has 1 N–H and O–H groups in total. The molecular formula is C20H27ClN2O2. The summed E-state index contributed by atoms with van der Waals surface area (Å²) in [7, 11) is 0. The lowest BCUT2D eigenvalue weighted by Gasteiger charge is -2.25. The highest BCUT2D eigenvalue weighted by molar-refractivity contribution is 5.94. The van der Waals surface area contributed by atoms with Crippen LogP contribution >= 0.6 is 12.4 Å². The summed E-state index contributed by atoms with van der Waals surface area (Å²) >= 11 is 0. The molecule has 1 amide bonds. The molecule has 0 heterocycles. The smallest absolute Gasteiger partial charge is 0.241 e. The highest BCUT2D eigenvalue weighted by Gasteiger charge is 2.18. The molecule has 136 valence electrons. The Bertz CT molecular complexity index is 628. The van der Waals surface area contributed by atoms with Crippen LogP contribution in [0.3, 0.4) is 0 Å². The summed E-state index contributed by atoms with van der Waals surface area (Å²) in [6, 6.07) is 17.4. The highest BCUT2D eigenvalue weighted by atomic mass is 35.5. The van der Waals surface area contributed by atoms with Gasteiger partial charge < -0.3 is 10.1 Å². The number of nitrogens with zero attached hydrogens (tertiary/aromatic N) is 1. The van der Waals surface area contributed by atoms with Crippen molar-refractivity contribution < 1.29 is 9.53 Å². The van der Waals surface area contributed by atoms with E-state index in [-0.39, 0.29) is 24.4 Å². The number of rotatable bonds is 8. The topological polar surface area (TPSA) is 41.6 Å². The Labute approximate surface area is 156 Å². The van der Waals surface area contributed by atoms with E-state index in [2.05, 4.69) is 24.1 Å². The number of amides is 1. The Morgan fingerprint density at radius 3 is 2.20 bits per heavy atom. The zero-order chi connectivity index (χ0) is 17.4. The Hall–Kier alpha value is -2.04. The van der Waals surface area contributed by atoms with E-state index in [9.17, 15) is 4.79 Å². The van der Waals surface area contributed by atoms with Crippen LogP contribution in [-0.2, 0) is 11.4 Å². The van der Waals surface area contributed by atoms with E-state index >= 15 is 0 Å². The average molecular weight is 363 g/mol. The zero-order valence-electron chi connectivity index (χ0n) is 15.1. The van der Waals surface area contributed by atoms with Gasteiger partial charge in [-0.2, -0.15) is 0 Å². The first-order chi connectivity index (χ1) is 11.6. The number of benzene rings is 2. The van der Waals surface area contributed by atoms with E-state index in [4.69, 9.17) is 4.74 Å². The molecular weight excluding hydrogens is 336 g/mol. The van der Waals surface area contributed by atoms with Crippen LogP contribution in [0.15, 0.2) is 54.6 Å². The third kappa shape index (κ3) is 6.40. The number of likely N-dealkylation sites (N-methyl/N-ethyl adjacent to an activating group) is 1. The van der Waals surface area contributed by atoms with Crippen molar-refractivity contribution in [2.24, 2.45) is 0 Å². The molecule has 0 aliphatic carbocycles. The van der Waals surface area contributed by atoms with Gasteiger partial charge in [0.2, 0.25) is 5.91 Å². The molecule has 5 heteroatoms. The van der Waals surface area contributed by atoms with Crippen LogP contribution < -0.4 is 10.1 Å². The first kappa shape index (κ1) is 21.0. The van der Waals surface area contributed by atoms with Gasteiger partial charge >= 0.3 is 0 Å². The molecule has 4 nitrogen and oxygen atoms in total. The number of halogens is 1. The summed E-state index contributed by atoms with van der Waals surface area (Å²) in [4.78, 5) is 14.4. The molecule has 0 bridgehead atoms. The summed E-state index contributed by atoms with van der Waals surface area (Å²) in [5, 5.41) is 2.96. The first-order valence-electron chi connectivity index (χ1n) is 8.45. The van der Waals surface area contributed by atoms with Crippen molar-refractivity contribution in [3.05, 3.63) is 60.2 Å². The summed E-state index contributed by atoms with van der Waals surface area (Å²) in [6.07, 6.45) is 0. The number of hydrogen-bond donors (Lipinski definition) is 1. The lowest BCUT2D eigenvalue weighted by atomic mass is 10.2. The largest absolute Gasteiger partial charge is 0.489 e. The maximum Gasteiger partial charge on any atom is 0.241 e. The molecule has 1 atom stereocenters. The van der Waals surface area contributed by atoms with Gasteiger partial charge in [-0.25, -0.2) is 0 Å². The fraction of sp³-hybridized carbons (Fsp3) is 0.350. The lowest BCUT2D eigenvalue weighted by molar-refractivity contribution is -0.120. The van der Waals surface area contributed by atoms with Gasteiger partial charge in [0.15, 0.2) is 0 Å². The number of anilines is 1. The first-order valence-corrected chi connectivity index (χ1v) is 8.45. The van der Waals surface area contributed by atoms with Gasteiger partial charge in [0.25, 0.3) is 0 Å². The van der Waals surface area contributed by atoms with E-state index in [1.807, 2.05) is 61.5 Å². The van der Waals surface area contributed by atoms with Crippen LogP contribution in [0, 0.1) is 0 Å². The Morgan fingerprint density at radius 1 is 1.04 bits per heavy atom. The molecule has 1 unspecified atom stereocenters. The van der Waals surface area contributed by atoms with Crippen molar-refractivity contribution in [2.45, 2.75) is 33.4 Å². The molecule has 0 saturated carbocycles. The van der Waals surface area contributed by atoms with Crippen molar-refractivity contribution in [1.82, 2.24) is 4.90 Å². The summed E-state index contributed by atoms with van der Waals surface area (Å²) in [5.74, 6) is 0.797. The predicted octanol–water partition coefficient (Wildman–Crippen LogP) is 4.36. The second kappa shape index (κ2) is 10.7. The van der Waals surface area contributed by atoms with Gasteiger partial charge in [0, 0.05) is 5.69 Å². The van der Waals surface area contributed by atoms with Gasteiger partial charge in [-0.3, -0.25) is 9.69 Å². The van der Waals surface area contributed by atoms with E-state index < -0.39 is 0 Å². The average Bonchev–Trinajstić information content (AvgIpc) is 2.63. The SMILES string of the molecule is CCN(CC)C(C)C(=O)Nc1ccc(OCc2ccccc2)cc1.Cl. The van der Waals surface area contributed by atoms with Crippen molar-refractivity contribution in [1.29, 1.82) is 0 Å². The number of carbonyl (C=O) groups is 1. The van der Waals surface area contributed by atoms with Gasteiger partial charge in [-0.15, -0.1) is 12.4 Å². The molecule has 0 saturated heterocycles. The second-order valence-corrected chi connectivity index (χ2v) is 5.69. The molecule has 2 aromatic rings. The number of hydrogen-bond acceptors (Lipinski definition) is 3. The summed E-state index contributed by atoms with van der Waals surface area (Å²) in [6.45, 7) is 8.30. The molecule has 25 heavy (non-hydrogen) atoms. The van der Waals surface area contributed by atoms with E-state index in [1.165, 1.54) is 0 Å². The minimum Gasteiger partial charge on any atom is -0.489 e. The molecule has 0 radical (unpaired) electrons. The van der Waals surface area contributed by atoms with Gasteiger partial charge in [-0.1, -0.05) is 44.2 Å². The van der Waals surface area contributed by atoms with Crippen LogP contribution in [0.25, 0.3) is 0 Å². The van der Waals surface area contributed by atoms with Gasteiger partial charge in [-0.05, 0) is 49.8 Å². The number of ether oxygens (including phenoxy) is 1. The van der Waals surface area contributed by atoms with Gasteiger partial charge in [0.05, 0.1) is 6.04 Å². The van der Waals surface area contributed by atoms with Crippen LogP contribution in [0.1, 0.15) is 26.3 Å². The van der Waals surface area contributed by atoms with E-state index in [0.29, 0.717) is 6.61 Å². The van der Waals surface area contributed by atoms with Crippen molar-refractivity contribution >= 4 is 24.0 Å². The normalized spacial score (nSPS) is 11.5. The number of nitrogens with one attached hydrogen (secondary N) is 1. The van der Waals surface area contributed by atoms with Crippen LogP contribution in [0.2, 0.25) is 0 Å². The Balaban J connectivity index is 0.00000312. The highest BCUT2D eigenvalue weighted by Crippen LogP contribution is 2.17. The quantitative estimate of drug-likeness (QED) is 0.758. The van der Waals surface area contributed by atoms with Crippen molar-refractivity contribution in [2.75, 3.05) is 18.4 Å². The number of carbonyl (C=O) groups excluding carboxylic acids is 1. The molecule has 2 rings (SSSR count). The maximum atomic E-state index is 12.3. The van der Waals surface area contributed by atoms with Crippen molar-refractivity contribution in [3.63, 3.8) is 0 Å². The minimum absolute atomic E-state index is 0. The second-order valence-electron chi connectivity index (χ2n) is 5.69. The Kier molecular flexibility index (Phi) is 9.03. The molecule has 0 aliphatic heterocycles. The fourth-order valence-electron chi connectivity index (χ4n) is 2.56. The molecule has 0 aromatic heterocycles. The molecule has 0 fully saturated rings. The zero-order valence-corrected chi connectivity index (χ0v) is 15.9. The van der Waals surface area contributed by atoms with Crippen LogP contribution in [0.4, 0.5) is 5.69 Å². The maximum absolute atomic E-state index is 12.3. The van der Waals surface area contributed by atoms with E-state index in [1.54, 1.807) is 0 Å². The Morgan fingerprint density at radius 2 is 1.64 bits per heavy atom. The minimum atomic E-state index is -0.144. The summed E-state index contributed by atoms with van der Waals surface area (Å²) in [5.41, 5.74) is 1.91. The molecule has 0 spiro atoms. The van der Waals surface area contributed by atoms with Crippen LogP contribution in [0.5, 0.6) is 5.75 Å². The third-order valence-corrected chi connectivity index (χ3v) is 4.11. The van der Waals surface area contributed by atoms with E-state index in [0.717, 1.165) is 30.1 Å². The van der Waals surface area contributed by atoms with Crippen molar-refractivity contribution in [3.8, 4) is 5.75 Å². The fourth-order valence-corrected chi connectivity index (χ4v) is 2.56. The lowest BCUT2D eigenvalue weighted by Crippen LogP contribution is -2.41. The van der Waals surface area contributed by atoms with Gasteiger partial charge in [0.1, 0.15) is 12.4 Å². The standard InChI is InChI=1S/C20H26N2O2.ClH/c1-4-22(5-2)16(3)20(23)21-18-11-13-19(14-12-18)24-15-17-9-7-6-8-10-17;/h6-14,16H,4-5,15H2,1-3H3,(H,21,23);1H. The molecule has 0 aliphatic rings. The summed E-state index contributed by atoms with van der Waals surface area (Å²) < 4.78 is 5.75. The third-order valence-electron chi connectivity index (χ3n) is 4.11. The molecule has 2 aromatic carbocycles. The van der Waals surface area contributed by atoms with Crippen LogP contribution in [-0.4, -0.2) is 29.9 Å².